The summed E-state index contributed by atoms with van der Waals surface area (Å²) in [6, 6.07) is 3.41. The van der Waals surface area contributed by atoms with E-state index in [0.29, 0.717) is 22.4 Å². The van der Waals surface area contributed by atoms with Crippen LogP contribution in [0.15, 0.2) is 16.6 Å². The van der Waals surface area contributed by atoms with E-state index < -0.39 is 0 Å². The fraction of sp³-hybridized carbons (Fsp3) is 0.500. The molecule has 2 rings (SSSR count). The Balaban J connectivity index is 2.08. The second-order valence-corrected chi connectivity index (χ2v) is 6.25. The van der Waals surface area contributed by atoms with Gasteiger partial charge in [-0.15, -0.1) is 11.6 Å². The van der Waals surface area contributed by atoms with Crippen LogP contribution >= 0.6 is 50.7 Å². The summed E-state index contributed by atoms with van der Waals surface area (Å²) in [6.07, 6.45) is 0.591. The van der Waals surface area contributed by atoms with Crippen LogP contribution in [0, 0.1) is 0 Å². The first-order chi connectivity index (χ1) is 8.52. The lowest BCUT2D eigenvalue weighted by Crippen LogP contribution is -2.52. The predicted octanol–water partition coefficient (Wildman–Crippen LogP) is 4.92. The van der Waals surface area contributed by atoms with Gasteiger partial charge in [0.25, 0.3) is 0 Å². The van der Waals surface area contributed by atoms with E-state index in [1.54, 1.807) is 12.1 Å². The molecule has 100 valence electrons. The van der Waals surface area contributed by atoms with E-state index >= 15 is 0 Å². The molecule has 0 radical (unpaired) electrons. The van der Waals surface area contributed by atoms with E-state index in [4.69, 9.17) is 44.3 Å². The summed E-state index contributed by atoms with van der Waals surface area (Å²) in [6.45, 7) is 2.55. The molecule has 6 heteroatoms. The first kappa shape index (κ1) is 14.7. The number of rotatable bonds is 4. The third-order valence-electron chi connectivity index (χ3n) is 2.79. The smallest absolute Gasteiger partial charge is 0.140 e. The lowest BCUT2D eigenvalue weighted by molar-refractivity contribution is -0.0759. The van der Waals surface area contributed by atoms with Crippen molar-refractivity contribution in [3.05, 3.63) is 26.7 Å². The minimum Gasteiger partial charge on any atom is -0.486 e. The van der Waals surface area contributed by atoms with Crippen LogP contribution in [-0.4, -0.2) is 24.2 Å². The summed E-state index contributed by atoms with van der Waals surface area (Å²) in [4.78, 5) is 0. The van der Waals surface area contributed by atoms with Crippen molar-refractivity contribution in [3.63, 3.8) is 0 Å². The van der Waals surface area contributed by atoms with Crippen LogP contribution in [0.5, 0.6) is 5.75 Å². The zero-order valence-corrected chi connectivity index (χ0v) is 13.5. The van der Waals surface area contributed by atoms with Crippen LogP contribution in [0.4, 0.5) is 0 Å². The summed E-state index contributed by atoms with van der Waals surface area (Å²) in [7, 11) is 0. The van der Waals surface area contributed by atoms with Gasteiger partial charge in [-0.3, -0.25) is 0 Å². The largest absolute Gasteiger partial charge is 0.486 e. The molecule has 0 spiro atoms. The van der Waals surface area contributed by atoms with Crippen molar-refractivity contribution in [2.45, 2.75) is 30.9 Å². The molecule has 1 aliphatic carbocycles. The highest BCUT2D eigenvalue weighted by atomic mass is 79.9. The molecule has 18 heavy (non-hydrogen) atoms. The van der Waals surface area contributed by atoms with Crippen LogP contribution in [0.25, 0.3) is 0 Å². The summed E-state index contributed by atoms with van der Waals surface area (Å²) in [5.74, 6) is 0.558. The maximum absolute atomic E-state index is 6.10. The Bertz CT molecular complexity index is 442. The number of alkyl halides is 1. The lowest BCUT2D eigenvalue weighted by atomic mass is 9.91. The maximum atomic E-state index is 6.10. The van der Waals surface area contributed by atoms with Gasteiger partial charge in [0, 0.05) is 23.6 Å². The normalized spacial score (nSPS) is 26.8. The Morgan fingerprint density at radius 3 is 2.67 bits per heavy atom. The van der Waals surface area contributed by atoms with Crippen molar-refractivity contribution in [3.8, 4) is 5.75 Å². The quantitative estimate of drug-likeness (QED) is 0.550. The zero-order valence-electron chi connectivity index (χ0n) is 9.63. The van der Waals surface area contributed by atoms with Crippen LogP contribution in [-0.2, 0) is 4.74 Å². The van der Waals surface area contributed by atoms with Crippen LogP contribution in [0.1, 0.15) is 13.3 Å². The fourth-order valence-electron chi connectivity index (χ4n) is 1.80. The van der Waals surface area contributed by atoms with Gasteiger partial charge < -0.3 is 9.47 Å². The molecule has 1 fully saturated rings. The van der Waals surface area contributed by atoms with Gasteiger partial charge in [0.05, 0.1) is 15.4 Å². The molecule has 0 heterocycles. The molecule has 3 atom stereocenters. The van der Waals surface area contributed by atoms with Crippen molar-refractivity contribution in [2.24, 2.45) is 0 Å². The Labute approximate surface area is 130 Å². The highest BCUT2D eigenvalue weighted by molar-refractivity contribution is 9.10. The van der Waals surface area contributed by atoms with Crippen molar-refractivity contribution >= 4 is 50.7 Å². The van der Waals surface area contributed by atoms with E-state index in [-0.39, 0.29) is 17.6 Å². The molecule has 1 aliphatic rings. The highest BCUT2D eigenvalue weighted by Crippen LogP contribution is 2.38. The number of hydrogen-bond acceptors (Lipinski definition) is 2. The number of benzene rings is 1. The molecular weight excluding hydrogens is 362 g/mol. The van der Waals surface area contributed by atoms with Gasteiger partial charge in [-0.2, -0.15) is 0 Å². The minimum atomic E-state index is -0.0878. The molecule has 0 bridgehead atoms. The Hall–Kier alpha value is 0.330. The van der Waals surface area contributed by atoms with E-state index in [1.165, 1.54) is 0 Å². The Kier molecular flexibility index (Phi) is 5.06. The van der Waals surface area contributed by atoms with E-state index in [9.17, 15) is 0 Å². The second kappa shape index (κ2) is 6.19. The average Bonchev–Trinajstić information content (AvgIpc) is 2.32. The SMILES string of the molecule is CCOC1C(Cl)CC1Oc1cc(Cl)c(Br)cc1Cl. The van der Waals surface area contributed by atoms with Crippen LogP contribution in [0.2, 0.25) is 10.0 Å². The third-order valence-corrected chi connectivity index (χ3v) is 4.71. The van der Waals surface area contributed by atoms with Gasteiger partial charge in [-0.1, -0.05) is 23.2 Å². The Morgan fingerprint density at radius 2 is 2.06 bits per heavy atom. The number of hydrogen-bond donors (Lipinski definition) is 0. The molecular formula is C12H12BrCl3O2. The van der Waals surface area contributed by atoms with E-state index in [0.717, 1.165) is 10.9 Å². The van der Waals surface area contributed by atoms with Gasteiger partial charge in [-0.25, -0.2) is 0 Å². The van der Waals surface area contributed by atoms with Crippen LogP contribution < -0.4 is 4.74 Å². The second-order valence-electron chi connectivity index (χ2n) is 4.02. The number of ether oxygens (including phenoxy) is 2. The molecule has 0 aliphatic heterocycles. The first-order valence-corrected chi connectivity index (χ1v) is 7.58. The van der Waals surface area contributed by atoms with Crippen molar-refractivity contribution < 1.29 is 9.47 Å². The maximum Gasteiger partial charge on any atom is 0.140 e. The molecule has 1 saturated carbocycles. The first-order valence-electron chi connectivity index (χ1n) is 5.59. The third kappa shape index (κ3) is 3.07. The summed E-state index contributed by atoms with van der Waals surface area (Å²) >= 11 is 21.5. The standard InChI is InChI=1S/C12H12BrCl3O2/c1-2-17-12-9(16)5-11(12)18-10-4-7(14)6(13)3-8(10)15/h3-4,9,11-12H,2,5H2,1H3. The van der Waals surface area contributed by atoms with Gasteiger partial charge >= 0.3 is 0 Å². The summed E-state index contributed by atoms with van der Waals surface area (Å²) in [5, 5.41) is 1.07. The summed E-state index contributed by atoms with van der Waals surface area (Å²) < 4.78 is 12.1. The molecule has 0 N–H and O–H groups in total. The zero-order chi connectivity index (χ0) is 13.3. The Morgan fingerprint density at radius 1 is 1.33 bits per heavy atom. The molecule has 0 aromatic heterocycles. The fourth-order valence-corrected chi connectivity index (χ4v) is 3.05. The average molecular weight is 374 g/mol. The number of halogens is 4. The summed E-state index contributed by atoms with van der Waals surface area (Å²) in [5.41, 5.74) is 0. The minimum absolute atomic E-state index is 0.000328. The molecule has 1 aromatic carbocycles. The van der Waals surface area contributed by atoms with E-state index in [2.05, 4.69) is 15.9 Å². The van der Waals surface area contributed by atoms with Crippen molar-refractivity contribution in [1.29, 1.82) is 0 Å². The van der Waals surface area contributed by atoms with Gasteiger partial charge in [-0.05, 0) is 28.9 Å². The predicted molar refractivity (Wildman–Crippen MR) is 78.3 cm³/mol. The van der Waals surface area contributed by atoms with Gasteiger partial charge in [0.1, 0.15) is 18.0 Å². The monoisotopic (exact) mass is 372 g/mol. The van der Waals surface area contributed by atoms with Gasteiger partial charge in [0.2, 0.25) is 0 Å². The van der Waals surface area contributed by atoms with Crippen molar-refractivity contribution in [2.75, 3.05) is 6.61 Å². The lowest BCUT2D eigenvalue weighted by Gasteiger charge is -2.40. The molecule has 2 nitrogen and oxygen atoms in total. The molecule has 1 aromatic rings. The van der Waals surface area contributed by atoms with E-state index in [1.807, 2.05) is 6.92 Å². The molecule has 0 amide bonds. The molecule has 0 saturated heterocycles. The molecule has 3 unspecified atom stereocenters. The topological polar surface area (TPSA) is 18.5 Å². The van der Waals surface area contributed by atoms with Crippen molar-refractivity contribution in [1.82, 2.24) is 0 Å². The van der Waals surface area contributed by atoms with Crippen LogP contribution in [0.3, 0.4) is 0 Å². The highest BCUT2D eigenvalue weighted by Gasteiger charge is 2.42. The van der Waals surface area contributed by atoms with Gasteiger partial charge in [0.15, 0.2) is 0 Å².